The number of carbonyl (C=O) groups excluding carboxylic acids is 2. The molecule has 0 aliphatic heterocycles. The van der Waals surface area contributed by atoms with Crippen LogP contribution in [0, 0.1) is 0 Å². The molecule has 34 heavy (non-hydrogen) atoms. The van der Waals surface area contributed by atoms with Crippen molar-refractivity contribution in [2.45, 2.75) is 39.3 Å². The second-order valence-corrected chi connectivity index (χ2v) is 8.59. The van der Waals surface area contributed by atoms with Gasteiger partial charge < -0.3 is 19.0 Å². The number of rotatable bonds is 12. The van der Waals surface area contributed by atoms with Gasteiger partial charge in [-0.25, -0.2) is 0 Å². The van der Waals surface area contributed by atoms with Gasteiger partial charge in [-0.15, -0.1) is 0 Å². The second kappa shape index (κ2) is 12.8. The van der Waals surface area contributed by atoms with E-state index in [4.69, 9.17) is 20.8 Å². The summed E-state index contributed by atoms with van der Waals surface area (Å²) in [5.41, 5.74) is 1.14. The molecule has 0 bridgehead atoms. The first-order valence-electron chi connectivity index (χ1n) is 11.5. The lowest BCUT2D eigenvalue weighted by Crippen LogP contribution is -2.48. The molecule has 0 saturated carbocycles. The number of ether oxygens (including phenoxy) is 1. The molecular formula is C27H31ClN2O4. The number of hydrogen-bond acceptors (Lipinski definition) is 4. The van der Waals surface area contributed by atoms with Crippen LogP contribution in [0.1, 0.15) is 31.6 Å². The zero-order chi connectivity index (χ0) is 24.3. The number of hydrogen-bond donors (Lipinski definition) is 0. The highest BCUT2D eigenvalue weighted by molar-refractivity contribution is 6.30. The van der Waals surface area contributed by atoms with Crippen molar-refractivity contribution in [1.29, 1.82) is 0 Å². The highest BCUT2D eigenvalue weighted by Crippen LogP contribution is 2.16. The van der Waals surface area contributed by atoms with Crippen molar-refractivity contribution in [3.63, 3.8) is 0 Å². The van der Waals surface area contributed by atoms with E-state index in [9.17, 15) is 9.59 Å². The summed E-state index contributed by atoms with van der Waals surface area (Å²) in [5, 5.41) is 0.595. The number of carbonyl (C=O) groups is 2. The molecule has 1 unspecified atom stereocenters. The fourth-order valence-electron chi connectivity index (χ4n) is 3.51. The SMILES string of the molecule is CCC(C)N(CC(=O)N(CCc1ccccc1)Cc1ccco1)C(=O)COc1ccc(Cl)cc1. The average molecular weight is 483 g/mol. The number of nitrogens with zero attached hydrogens (tertiary/aromatic N) is 2. The van der Waals surface area contributed by atoms with E-state index in [0.29, 0.717) is 36.0 Å². The molecule has 0 fully saturated rings. The quantitative estimate of drug-likeness (QED) is 0.355. The Morgan fingerprint density at radius 2 is 1.74 bits per heavy atom. The van der Waals surface area contributed by atoms with Gasteiger partial charge in [0.05, 0.1) is 12.8 Å². The molecule has 2 amide bonds. The van der Waals surface area contributed by atoms with Crippen molar-refractivity contribution in [2.24, 2.45) is 0 Å². The Morgan fingerprint density at radius 1 is 1.00 bits per heavy atom. The topological polar surface area (TPSA) is 63.0 Å². The summed E-state index contributed by atoms with van der Waals surface area (Å²) in [6, 6.07) is 20.4. The Bertz CT molecular complexity index is 1020. The van der Waals surface area contributed by atoms with Crippen LogP contribution in [-0.2, 0) is 22.6 Å². The third kappa shape index (κ3) is 7.66. The Morgan fingerprint density at radius 3 is 2.38 bits per heavy atom. The minimum Gasteiger partial charge on any atom is -0.484 e. The van der Waals surface area contributed by atoms with Crippen LogP contribution in [0.25, 0.3) is 0 Å². The zero-order valence-corrected chi connectivity index (χ0v) is 20.4. The van der Waals surface area contributed by atoms with Crippen molar-refractivity contribution in [3.8, 4) is 5.75 Å². The molecule has 1 aromatic heterocycles. The summed E-state index contributed by atoms with van der Waals surface area (Å²) >= 11 is 5.91. The minimum atomic E-state index is -0.237. The molecule has 2 aromatic carbocycles. The van der Waals surface area contributed by atoms with E-state index in [0.717, 1.165) is 12.0 Å². The maximum absolute atomic E-state index is 13.4. The Balaban J connectivity index is 1.67. The molecule has 6 nitrogen and oxygen atoms in total. The molecule has 1 heterocycles. The standard InChI is InChI=1S/C27H31ClN2O4/c1-3-21(2)30(27(32)20-34-24-13-11-23(28)12-14-24)19-26(31)29(18-25-10-7-17-33-25)16-15-22-8-5-4-6-9-22/h4-14,17,21H,3,15-16,18-20H2,1-2H3. The van der Waals surface area contributed by atoms with E-state index in [1.165, 1.54) is 0 Å². The van der Waals surface area contributed by atoms with E-state index in [1.807, 2.05) is 50.2 Å². The molecule has 0 spiro atoms. The van der Waals surface area contributed by atoms with Crippen molar-refractivity contribution in [3.05, 3.63) is 89.3 Å². The van der Waals surface area contributed by atoms with Crippen LogP contribution in [0.5, 0.6) is 5.75 Å². The van der Waals surface area contributed by atoms with Crippen molar-refractivity contribution in [1.82, 2.24) is 9.80 Å². The molecule has 0 N–H and O–H groups in total. The van der Waals surface area contributed by atoms with Gasteiger partial charge in [-0.2, -0.15) is 0 Å². The van der Waals surface area contributed by atoms with Crippen LogP contribution in [0.15, 0.2) is 77.4 Å². The van der Waals surface area contributed by atoms with E-state index in [1.54, 1.807) is 46.4 Å². The van der Waals surface area contributed by atoms with Gasteiger partial charge in [0.1, 0.15) is 18.1 Å². The Hall–Kier alpha value is -3.25. The lowest BCUT2D eigenvalue weighted by Gasteiger charge is -2.31. The summed E-state index contributed by atoms with van der Waals surface area (Å²) in [4.78, 5) is 29.7. The van der Waals surface area contributed by atoms with Crippen LogP contribution in [0.3, 0.4) is 0 Å². The molecule has 0 aliphatic rings. The van der Waals surface area contributed by atoms with E-state index < -0.39 is 0 Å². The first-order valence-corrected chi connectivity index (χ1v) is 11.9. The van der Waals surface area contributed by atoms with E-state index in [-0.39, 0.29) is 31.0 Å². The van der Waals surface area contributed by atoms with Crippen molar-refractivity contribution < 1.29 is 18.7 Å². The van der Waals surface area contributed by atoms with Crippen LogP contribution in [0.4, 0.5) is 0 Å². The smallest absolute Gasteiger partial charge is 0.261 e. The third-order valence-electron chi connectivity index (χ3n) is 5.72. The molecule has 7 heteroatoms. The van der Waals surface area contributed by atoms with Crippen LogP contribution in [0.2, 0.25) is 5.02 Å². The van der Waals surface area contributed by atoms with E-state index in [2.05, 4.69) is 0 Å². The van der Waals surface area contributed by atoms with Crippen LogP contribution in [-0.4, -0.2) is 47.4 Å². The summed E-state index contributed by atoms with van der Waals surface area (Å²) in [6.07, 6.45) is 3.03. The predicted molar refractivity (Wildman–Crippen MR) is 133 cm³/mol. The molecule has 0 saturated heterocycles. The predicted octanol–water partition coefficient (Wildman–Crippen LogP) is 5.21. The van der Waals surface area contributed by atoms with Crippen LogP contribution < -0.4 is 4.74 Å². The lowest BCUT2D eigenvalue weighted by atomic mass is 10.1. The number of benzene rings is 2. The molecule has 180 valence electrons. The largest absolute Gasteiger partial charge is 0.484 e. The highest BCUT2D eigenvalue weighted by Gasteiger charge is 2.25. The number of amides is 2. The second-order valence-electron chi connectivity index (χ2n) is 8.15. The van der Waals surface area contributed by atoms with Gasteiger partial charge in [0.15, 0.2) is 6.61 Å². The monoisotopic (exact) mass is 482 g/mol. The molecule has 3 rings (SSSR count). The number of halogens is 1. The molecule has 0 aliphatic carbocycles. The Labute approximate surface area is 206 Å². The normalized spacial score (nSPS) is 11.6. The van der Waals surface area contributed by atoms with Crippen LogP contribution >= 0.6 is 11.6 Å². The van der Waals surface area contributed by atoms with Gasteiger partial charge in [-0.1, -0.05) is 48.9 Å². The highest BCUT2D eigenvalue weighted by atomic mass is 35.5. The average Bonchev–Trinajstić information content (AvgIpc) is 3.37. The fraction of sp³-hybridized carbons (Fsp3) is 0.333. The zero-order valence-electron chi connectivity index (χ0n) is 19.7. The van der Waals surface area contributed by atoms with Gasteiger partial charge in [-0.3, -0.25) is 9.59 Å². The van der Waals surface area contributed by atoms with E-state index >= 15 is 0 Å². The fourth-order valence-corrected chi connectivity index (χ4v) is 3.63. The first-order chi connectivity index (χ1) is 16.5. The van der Waals surface area contributed by atoms with Crippen molar-refractivity contribution >= 4 is 23.4 Å². The van der Waals surface area contributed by atoms with Gasteiger partial charge in [0.2, 0.25) is 5.91 Å². The van der Waals surface area contributed by atoms with Gasteiger partial charge in [0.25, 0.3) is 5.91 Å². The molecule has 1 atom stereocenters. The molecule has 0 radical (unpaired) electrons. The summed E-state index contributed by atoms with van der Waals surface area (Å²) < 4.78 is 11.1. The maximum atomic E-state index is 13.4. The summed E-state index contributed by atoms with van der Waals surface area (Å²) in [6.45, 7) is 4.63. The third-order valence-corrected chi connectivity index (χ3v) is 5.97. The number of furan rings is 1. The van der Waals surface area contributed by atoms with Gasteiger partial charge in [0, 0.05) is 17.6 Å². The summed E-state index contributed by atoms with van der Waals surface area (Å²) in [7, 11) is 0. The van der Waals surface area contributed by atoms with Gasteiger partial charge in [-0.05, 0) is 61.7 Å². The molecular weight excluding hydrogens is 452 g/mol. The summed E-state index contributed by atoms with van der Waals surface area (Å²) in [5.74, 6) is 0.885. The van der Waals surface area contributed by atoms with Crippen molar-refractivity contribution in [2.75, 3.05) is 19.7 Å². The Kier molecular flexibility index (Phi) is 9.59. The molecule has 3 aromatic rings. The first kappa shape index (κ1) is 25.4. The van der Waals surface area contributed by atoms with Gasteiger partial charge >= 0.3 is 0 Å². The minimum absolute atomic E-state index is 0.0205. The lowest BCUT2D eigenvalue weighted by molar-refractivity contribution is -0.144. The maximum Gasteiger partial charge on any atom is 0.261 e.